The fourth-order valence-corrected chi connectivity index (χ4v) is 1.77. The van der Waals surface area contributed by atoms with Crippen molar-refractivity contribution < 1.29 is 4.74 Å². The van der Waals surface area contributed by atoms with E-state index in [1.54, 1.807) is 0 Å². The first kappa shape index (κ1) is 14.9. The first-order valence-corrected chi connectivity index (χ1v) is 6.62. The Morgan fingerprint density at radius 2 is 1.80 bits per heavy atom. The van der Waals surface area contributed by atoms with Gasteiger partial charge in [0.2, 0.25) is 0 Å². The standard InChI is InChI=1S/C13H29NO/c1-3-5-6-8-13(4-2)9-12-15-11-7-10-14/h13H,3-12,14H2,1-2H3. The molecule has 0 heterocycles. The fourth-order valence-electron chi connectivity index (χ4n) is 1.77. The van der Waals surface area contributed by atoms with Crippen molar-refractivity contribution in [2.24, 2.45) is 11.7 Å². The van der Waals surface area contributed by atoms with E-state index in [1.165, 1.54) is 38.5 Å². The lowest BCUT2D eigenvalue weighted by Gasteiger charge is -2.14. The summed E-state index contributed by atoms with van der Waals surface area (Å²) in [4.78, 5) is 0. The molecule has 0 radical (unpaired) electrons. The van der Waals surface area contributed by atoms with Crippen LogP contribution in [0, 0.1) is 5.92 Å². The van der Waals surface area contributed by atoms with Crippen LogP contribution < -0.4 is 5.73 Å². The van der Waals surface area contributed by atoms with Crippen molar-refractivity contribution in [3.63, 3.8) is 0 Å². The number of ether oxygens (including phenoxy) is 1. The molecule has 0 aromatic rings. The first-order valence-electron chi connectivity index (χ1n) is 6.62. The molecule has 0 rings (SSSR count). The van der Waals surface area contributed by atoms with Gasteiger partial charge in [-0.3, -0.25) is 0 Å². The lowest BCUT2D eigenvalue weighted by atomic mass is 9.96. The van der Waals surface area contributed by atoms with Crippen LogP contribution in [0.25, 0.3) is 0 Å². The highest BCUT2D eigenvalue weighted by molar-refractivity contribution is 4.57. The van der Waals surface area contributed by atoms with Gasteiger partial charge in [0.15, 0.2) is 0 Å². The van der Waals surface area contributed by atoms with Gasteiger partial charge in [-0.05, 0) is 25.3 Å². The third kappa shape index (κ3) is 10.2. The quantitative estimate of drug-likeness (QED) is 0.536. The van der Waals surface area contributed by atoms with Crippen molar-refractivity contribution in [3.8, 4) is 0 Å². The van der Waals surface area contributed by atoms with Gasteiger partial charge in [-0.1, -0.05) is 46.0 Å². The Bertz CT molecular complexity index is 117. The van der Waals surface area contributed by atoms with Crippen LogP contribution in [0.5, 0.6) is 0 Å². The van der Waals surface area contributed by atoms with E-state index >= 15 is 0 Å². The van der Waals surface area contributed by atoms with E-state index in [2.05, 4.69) is 13.8 Å². The molecule has 2 N–H and O–H groups in total. The minimum Gasteiger partial charge on any atom is -0.381 e. The predicted molar refractivity (Wildman–Crippen MR) is 67.0 cm³/mol. The summed E-state index contributed by atoms with van der Waals surface area (Å²) in [5.74, 6) is 0.870. The van der Waals surface area contributed by atoms with E-state index in [0.29, 0.717) is 0 Å². The summed E-state index contributed by atoms with van der Waals surface area (Å²) in [6.07, 6.45) is 8.98. The van der Waals surface area contributed by atoms with Crippen molar-refractivity contribution >= 4 is 0 Å². The molecule has 1 atom stereocenters. The molecule has 15 heavy (non-hydrogen) atoms. The Kier molecular flexibility index (Phi) is 11.9. The second-order valence-electron chi connectivity index (χ2n) is 4.31. The van der Waals surface area contributed by atoms with Gasteiger partial charge in [0.25, 0.3) is 0 Å². The fraction of sp³-hybridized carbons (Fsp3) is 1.00. The van der Waals surface area contributed by atoms with Gasteiger partial charge in [-0.15, -0.1) is 0 Å². The smallest absolute Gasteiger partial charge is 0.0478 e. The average molecular weight is 215 g/mol. The summed E-state index contributed by atoms with van der Waals surface area (Å²) >= 11 is 0. The highest BCUT2D eigenvalue weighted by Gasteiger charge is 2.05. The SMILES string of the molecule is CCCCCC(CC)CCOCCCN. The molecule has 1 unspecified atom stereocenters. The second kappa shape index (κ2) is 12.0. The van der Waals surface area contributed by atoms with E-state index in [0.717, 1.165) is 32.1 Å². The average Bonchev–Trinajstić information content (AvgIpc) is 2.26. The molecule has 2 nitrogen and oxygen atoms in total. The minimum atomic E-state index is 0.744. The summed E-state index contributed by atoms with van der Waals surface area (Å²) in [7, 11) is 0. The lowest BCUT2D eigenvalue weighted by molar-refractivity contribution is 0.117. The number of unbranched alkanes of at least 4 members (excludes halogenated alkanes) is 2. The van der Waals surface area contributed by atoms with Gasteiger partial charge in [-0.2, -0.15) is 0 Å². The summed E-state index contributed by atoms with van der Waals surface area (Å²) in [5, 5.41) is 0. The summed E-state index contributed by atoms with van der Waals surface area (Å²) < 4.78 is 5.53. The van der Waals surface area contributed by atoms with Crippen molar-refractivity contribution in [3.05, 3.63) is 0 Å². The minimum absolute atomic E-state index is 0.744. The molecule has 0 amide bonds. The predicted octanol–water partition coefficient (Wildman–Crippen LogP) is 3.35. The number of hydrogen-bond acceptors (Lipinski definition) is 2. The van der Waals surface area contributed by atoms with Gasteiger partial charge < -0.3 is 10.5 Å². The second-order valence-corrected chi connectivity index (χ2v) is 4.31. The van der Waals surface area contributed by atoms with Gasteiger partial charge in [0, 0.05) is 13.2 Å². The van der Waals surface area contributed by atoms with Crippen molar-refractivity contribution in [2.75, 3.05) is 19.8 Å². The number of rotatable bonds is 11. The highest BCUT2D eigenvalue weighted by atomic mass is 16.5. The van der Waals surface area contributed by atoms with Gasteiger partial charge in [0.05, 0.1) is 0 Å². The summed E-state index contributed by atoms with van der Waals surface area (Å²) in [6.45, 7) is 7.05. The summed E-state index contributed by atoms with van der Waals surface area (Å²) in [6, 6.07) is 0. The lowest BCUT2D eigenvalue weighted by Crippen LogP contribution is -2.08. The maximum atomic E-state index is 5.53. The first-order chi connectivity index (χ1) is 7.35. The Morgan fingerprint density at radius 1 is 1.00 bits per heavy atom. The third-order valence-corrected chi connectivity index (χ3v) is 2.96. The molecule has 2 heteroatoms. The topological polar surface area (TPSA) is 35.2 Å². The molecular weight excluding hydrogens is 186 g/mol. The molecule has 0 bridgehead atoms. The van der Waals surface area contributed by atoms with Crippen LogP contribution in [0.3, 0.4) is 0 Å². The molecule has 0 aromatic heterocycles. The van der Waals surface area contributed by atoms with Crippen molar-refractivity contribution in [2.45, 2.75) is 58.8 Å². The van der Waals surface area contributed by atoms with E-state index in [9.17, 15) is 0 Å². The molecule has 0 spiro atoms. The Morgan fingerprint density at radius 3 is 2.40 bits per heavy atom. The number of nitrogens with two attached hydrogens (primary N) is 1. The van der Waals surface area contributed by atoms with Crippen LogP contribution >= 0.6 is 0 Å². The van der Waals surface area contributed by atoms with Gasteiger partial charge >= 0.3 is 0 Å². The summed E-state index contributed by atoms with van der Waals surface area (Å²) in [5.41, 5.74) is 5.40. The van der Waals surface area contributed by atoms with Gasteiger partial charge in [-0.25, -0.2) is 0 Å². The molecular formula is C13H29NO. The Labute approximate surface area is 95.6 Å². The molecule has 0 saturated heterocycles. The normalized spacial score (nSPS) is 13.0. The van der Waals surface area contributed by atoms with E-state index in [-0.39, 0.29) is 0 Å². The molecule has 0 fully saturated rings. The Balaban J connectivity index is 3.28. The van der Waals surface area contributed by atoms with E-state index in [1.807, 2.05) is 0 Å². The molecule has 0 aliphatic carbocycles. The Hall–Kier alpha value is -0.0800. The van der Waals surface area contributed by atoms with Crippen LogP contribution in [0.1, 0.15) is 58.8 Å². The van der Waals surface area contributed by atoms with E-state index < -0.39 is 0 Å². The monoisotopic (exact) mass is 215 g/mol. The zero-order valence-corrected chi connectivity index (χ0v) is 10.6. The molecule has 92 valence electrons. The van der Waals surface area contributed by atoms with Crippen molar-refractivity contribution in [1.82, 2.24) is 0 Å². The third-order valence-electron chi connectivity index (χ3n) is 2.96. The van der Waals surface area contributed by atoms with E-state index in [4.69, 9.17) is 10.5 Å². The maximum Gasteiger partial charge on any atom is 0.0478 e. The van der Waals surface area contributed by atoms with Crippen LogP contribution in [0.2, 0.25) is 0 Å². The van der Waals surface area contributed by atoms with Crippen LogP contribution in [0.15, 0.2) is 0 Å². The highest BCUT2D eigenvalue weighted by Crippen LogP contribution is 2.17. The van der Waals surface area contributed by atoms with Crippen LogP contribution in [-0.2, 0) is 4.74 Å². The molecule has 0 aliphatic rings. The largest absolute Gasteiger partial charge is 0.381 e. The molecule has 0 saturated carbocycles. The van der Waals surface area contributed by atoms with Crippen molar-refractivity contribution in [1.29, 1.82) is 0 Å². The van der Waals surface area contributed by atoms with Crippen LogP contribution in [-0.4, -0.2) is 19.8 Å². The van der Waals surface area contributed by atoms with Gasteiger partial charge in [0.1, 0.15) is 0 Å². The number of hydrogen-bond donors (Lipinski definition) is 1. The maximum absolute atomic E-state index is 5.53. The zero-order chi connectivity index (χ0) is 11.4. The van der Waals surface area contributed by atoms with Crippen LogP contribution in [0.4, 0.5) is 0 Å². The zero-order valence-electron chi connectivity index (χ0n) is 10.6. The molecule has 0 aliphatic heterocycles. The molecule has 0 aromatic carbocycles.